The molecule has 0 saturated carbocycles. The minimum Gasteiger partial charge on any atom is -0.496 e. The van der Waals surface area contributed by atoms with Crippen molar-refractivity contribution in [1.82, 2.24) is 9.88 Å². The second-order valence-electron chi connectivity index (χ2n) is 4.94. The van der Waals surface area contributed by atoms with Gasteiger partial charge < -0.3 is 14.6 Å². The Hall–Kier alpha value is -2.23. The number of nitrogens with zero attached hydrogens (tertiary/aromatic N) is 1. The van der Waals surface area contributed by atoms with Gasteiger partial charge in [0.1, 0.15) is 11.4 Å². The molecule has 0 spiro atoms. The Bertz CT molecular complexity index is 617. The van der Waals surface area contributed by atoms with Crippen LogP contribution in [-0.4, -0.2) is 17.6 Å². The van der Waals surface area contributed by atoms with Gasteiger partial charge in [-0.3, -0.25) is 4.79 Å². The number of benzene rings is 1. The molecular formula is C16H20N2O2. The molecule has 4 heteroatoms. The predicted molar refractivity (Wildman–Crippen MR) is 79.0 cm³/mol. The van der Waals surface area contributed by atoms with Crippen molar-refractivity contribution >= 4 is 5.91 Å². The standard InChI is InChI=1S/C16H20N2O2/c1-11-7-8-15(20-4)13(10-11)12(2)17-16(19)14-6-5-9-18(14)3/h5-10,12H,1-4H3,(H,17,19). The molecule has 106 valence electrons. The highest BCUT2D eigenvalue weighted by Crippen LogP contribution is 2.26. The Morgan fingerprint density at radius 2 is 2.10 bits per heavy atom. The maximum Gasteiger partial charge on any atom is 0.268 e. The van der Waals surface area contributed by atoms with Crippen LogP contribution in [0.4, 0.5) is 0 Å². The number of carbonyl (C=O) groups excluding carboxylic acids is 1. The number of rotatable bonds is 4. The van der Waals surface area contributed by atoms with Crippen LogP contribution in [0.1, 0.15) is 34.6 Å². The first kappa shape index (κ1) is 14.2. The van der Waals surface area contributed by atoms with Gasteiger partial charge >= 0.3 is 0 Å². The van der Waals surface area contributed by atoms with E-state index in [1.165, 1.54) is 0 Å². The lowest BCUT2D eigenvalue weighted by Gasteiger charge is -2.18. The Balaban J connectivity index is 2.20. The quantitative estimate of drug-likeness (QED) is 0.930. The fourth-order valence-corrected chi connectivity index (χ4v) is 2.24. The fraction of sp³-hybridized carbons (Fsp3) is 0.312. The number of aryl methyl sites for hydroxylation is 2. The third-order valence-electron chi connectivity index (χ3n) is 3.38. The van der Waals surface area contributed by atoms with Crippen LogP contribution in [-0.2, 0) is 7.05 Å². The van der Waals surface area contributed by atoms with Crippen LogP contribution in [0.3, 0.4) is 0 Å². The Morgan fingerprint density at radius 3 is 2.70 bits per heavy atom. The molecule has 0 aliphatic rings. The first-order chi connectivity index (χ1) is 9.52. The van der Waals surface area contributed by atoms with Gasteiger partial charge in [0.15, 0.2) is 0 Å². The number of amides is 1. The highest BCUT2D eigenvalue weighted by atomic mass is 16.5. The van der Waals surface area contributed by atoms with Gasteiger partial charge in [-0.1, -0.05) is 17.7 Å². The molecule has 2 rings (SSSR count). The maximum atomic E-state index is 12.2. The lowest BCUT2D eigenvalue weighted by Crippen LogP contribution is -2.28. The van der Waals surface area contributed by atoms with E-state index in [-0.39, 0.29) is 11.9 Å². The molecule has 0 aliphatic heterocycles. The second kappa shape index (κ2) is 5.82. The summed E-state index contributed by atoms with van der Waals surface area (Å²) in [6, 6.07) is 9.49. The van der Waals surface area contributed by atoms with E-state index in [4.69, 9.17) is 4.74 Å². The third kappa shape index (κ3) is 2.85. The van der Waals surface area contributed by atoms with Gasteiger partial charge in [0, 0.05) is 18.8 Å². The van der Waals surface area contributed by atoms with Gasteiger partial charge in [-0.05, 0) is 32.0 Å². The summed E-state index contributed by atoms with van der Waals surface area (Å²) in [6.45, 7) is 3.98. The summed E-state index contributed by atoms with van der Waals surface area (Å²) in [6.07, 6.45) is 1.85. The summed E-state index contributed by atoms with van der Waals surface area (Å²) in [5, 5.41) is 3.00. The molecule has 1 aromatic carbocycles. The van der Waals surface area contributed by atoms with E-state index < -0.39 is 0 Å². The van der Waals surface area contributed by atoms with E-state index in [9.17, 15) is 4.79 Å². The highest BCUT2D eigenvalue weighted by molar-refractivity contribution is 5.93. The summed E-state index contributed by atoms with van der Waals surface area (Å²) in [4.78, 5) is 12.2. The molecule has 0 bridgehead atoms. The molecule has 1 amide bonds. The normalized spacial score (nSPS) is 12.0. The number of carbonyl (C=O) groups is 1. The summed E-state index contributed by atoms with van der Waals surface area (Å²) >= 11 is 0. The van der Waals surface area contributed by atoms with Crippen molar-refractivity contribution in [3.8, 4) is 5.75 Å². The predicted octanol–water partition coefficient (Wildman–Crippen LogP) is 2.83. The van der Waals surface area contributed by atoms with Crippen molar-refractivity contribution in [3.05, 3.63) is 53.3 Å². The minimum absolute atomic E-state index is 0.0893. The molecule has 0 saturated heterocycles. The van der Waals surface area contributed by atoms with Crippen LogP contribution in [0.2, 0.25) is 0 Å². The van der Waals surface area contributed by atoms with Crippen LogP contribution in [0.15, 0.2) is 36.5 Å². The molecule has 20 heavy (non-hydrogen) atoms. The Labute approximate surface area is 119 Å². The van der Waals surface area contributed by atoms with Crippen molar-refractivity contribution in [2.75, 3.05) is 7.11 Å². The Kier molecular flexibility index (Phi) is 4.13. The number of ether oxygens (including phenoxy) is 1. The smallest absolute Gasteiger partial charge is 0.268 e. The lowest BCUT2D eigenvalue weighted by atomic mass is 10.0. The van der Waals surface area contributed by atoms with Gasteiger partial charge in [0.05, 0.1) is 13.2 Å². The molecule has 0 radical (unpaired) electrons. The van der Waals surface area contributed by atoms with Crippen molar-refractivity contribution in [1.29, 1.82) is 0 Å². The van der Waals surface area contributed by atoms with Crippen LogP contribution < -0.4 is 10.1 Å². The van der Waals surface area contributed by atoms with Gasteiger partial charge in [-0.2, -0.15) is 0 Å². The molecule has 0 aliphatic carbocycles. The molecule has 1 N–H and O–H groups in total. The van der Waals surface area contributed by atoms with Gasteiger partial charge in [0.25, 0.3) is 5.91 Å². The number of aromatic nitrogens is 1. The van der Waals surface area contributed by atoms with Crippen molar-refractivity contribution in [2.24, 2.45) is 7.05 Å². The fourth-order valence-electron chi connectivity index (χ4n) is 2.24. The van der Waals surface area contributed by atoms with E-state index in [0.717, 1.165) is 16.9 Å². The third-order valence-corrected chi connectivity index (χ3v) is 3.38. The van der Waals surface area contributed by atoms with E-state index >= 15 is 0 Å². The van der Waals surface area contributed by atoms with Crippen LogP contribution in [0.5, 0.6) is 5.75 Å². The first-order valence-corrected chi connectivity index (χ1v) is 6.59. The first-order valence-electron chi connectivity index (χ1n) is 6.59. The minimum atomic E-state index is -0.118. The maximum absolute atomic E-state index is 12.2. The monoisotopic (exact) mass is 272 g/mol. The number of hydrogen-bond donors (Lipinski definition) is 1. The van der Waals surface area contributed by atoms with E-state index in [1.807, 2.05) is 51.4 Å². The van der Waals surface area contributed by atoms with Crippen LogP contribution in [0, 0.1) is 6.92 Å². The molecule has 1 unspecified atom stereocenters. The average molecular weight is 272 g/mol. The summed E-state index contributed by atoms with van der Waals surface area (Å²) in [5.41, 5.74) is 2.76. The molecule has 4 nitrogen and oxygen atoms in total. The molecule has 1 aromatic heterocycles. The van der Waals surface area contributed by atoms with Gasteiger partial charge in [-0.15, -0.1) is 0 Å². The molecule has 0 fully saturated rings. The van der Waals surface area contributed by atoms with Gasteiger partial charge in [0.2, 0.25) is 0 Å². The zero-order valence-corrected chi connectivity index (χ0v) is 12.3. The van der Waals surface area contributed by atoms with E-state index in [2.05, 4.69) is 5.32 Å². The largest absolute Gasteiger partial charge is 0.496 e. The zero-order valence-electron chi connectivity index (χ0n) is 12.3. The van der Waals surface area contributed by atoms with Crippen molar-refractivity contribution < 1.29 is 9.53 Å². The van der Waals surface area contributed by atoms with E-state index in [0.29, 0.717) is 5.69 Å². The molecule has 1 atom stereocenters. The summed E-state index contributed by atoms with van der Waals surface area (Å²) < 4.78 is 7.16. The number of nitrogens with one attached hydrogen (secondary N) is 1. The number of hydrogen-bond acceptors (Lipinski definition) is 2. The molecular weight excluding hydrogens is 252 g/mol. The second-order valence-corrected chi connectivity index (χ2v) is 4.94. The van der Waals surface area contributed by atoms with Gasteiger partial charge in [-0.25, -0.2) is 0 Å². The Morgan fingerprint density at radius 1 is 1.35 bits per heavy atom. The van der Waals surface area contributed by atoms with Crippen molar-refractivity contribution in [3.63, 3.8) is 0 Å². The van der Waals surface area contributed by atoms with E-state index in [1.54, 1.807) is 17.7 Å². The topological polar surface area (TPSA) is 43.3 Å². The van der Waals surface area contributed by atoms with Crippen LogP contribution >= 0.6 is 0 Å². The van der Waals surface area contributed by atoms with Crippen LogP contribution in [0.25, 0.3) is 0 Å². The average Bonchev–Trinajstić information content (AvgIpc) is 2.85. The summed E-state index contributed by atoms with van der Waals surface area (Å²) in [5.74, 6) is 0.698. The lowest BCUT2D eigenvalue weighted by molar-refractivity contribution is 0.0931. The highest BCUT2D eigenvalue weighted by Gasteiger charge is 2.16. The number of methoxy groups -OCH3 is 1. The SMILES string of the molecule is COc1ccc(C)cc1C(C)NC(=O)c1cccn1C. The summed E-state index contributed by atoms with van der Waals surface area (Å²) in [7, 11) is 3.49. The molecule has 1 heterocycles. The molecule has 2 aromatic rings. The van der Waals surface area contributed by atoms with Crippen molar-refractivity contribution in [2.45, 2.75) is 19.9 Å². The zero-order chi connectivity index (χ0) is 14.7.